The summed E-state index contributed by atoms with van der Waals surface area (Å²) < 4.78 is 47.4. The van der Waals surface area contributed by atoms with Gasteiger partial charge in [0, 0.05) is 17.5 Å². The van der Waals surface area contributed by atoms with E-state index in [0.29, 0.717) is 12.1 Å². The third-order valence-corrected chi connectivity index (χ3v) is 5.75. The lowest BCUT2D eigenvalue weighted by Gasteiger charge is -2.39. The Morgan fingerprint density at radius 3 is 2.47 bits per heavy atom. The van der Waals surface area contributed by atoms with Crippen molar-refractivity contribution < 1.29 is 27.4 Å². The maximum Gasteiger partial charge on any atom is 0.573 e. The summed E-state index contributed by atoms with van der Waals surface area (Å²) in [6, 6.07) is 18.8. The number of alkyl halides is 3. The number of carbonyl (C=O) groups is 1. The first-order chi connectivity index (χ1) is 15.3. The third kappa shape index (κ3) is 4.98. The highest BCUT2D eigenvalue weighted by molar-refractivity contribution is 5.94. The molecule has 3 aromatic carbocycles. The zero-order valence-electron chi connectivity index (χ0n) is 17.6. The Bertz CT molecular complexity index is 1080. The summed E-state index contributed by atoms with van der Waals surface area (Å²) in [6.07, 6.45) is -2.36. The molecule has 1 amide bonds. The van der Waals surface area contributed by atoms with Gasteiger partial charge in [0.15, 0.2) is 0 Å². The van der Waals surface area contributed by atoms with Crippen molar-refractivity contribution in [2.24, 2.45) is 0 Å². The number of carbonyl (C=O) groups excluding carboxylic acids is 1. The zero-order valence-corrected chi connectivity index (χ0v) is 17.6. The van der Waals surface area contributed by atoms with Gasteiger partial charge < -0.3 is 14.4 Å². The Morgan fingerprint density at radius 2 is 1.72 bits per heavy atom. The molecule has 1 fully saturated rings. The van der Waals surface area contributed by atoms with Crippen molar-refractivity contribution >= 4 is 16.7 Å². The number of nitrogens with zero attached hydrogens (tertiary/aromatic N) is 1. The number of amides is 1. The van der Waals surface area contributed by atoms with E-state index in [1.54, 1.807) is 4.90 Å². The molecule has 0 spiro atoms. The van der Waals surface area contributed by atoms with E-state index in [-0.39, 0.29) is 23.8 Å². The van der Waals surface area contributed by atoms with Gasteiger partial charge in [0.05, 0.1) is 6.04 Å². The number of benzene rings is 3. The average Bonchev–Trinajstić information content (AvgIpc) is 2.78. The Balaban J connectivity index is 1.51. The number of rotatable bonds is 5. The summed E-state index contributed by atoms with van der Waals surface area (Å²) in [5.74, 6) is 0.195. The molecule has 4 rings (SSSR count). The fourth-order valence-corrected chi connectivity index (χ4v) is 4.24. The molecule has 0 bridgehead atoms. The highest BCUT2D eigenvalue weighted by atomic mass is 19.4. The second kappa shape index (κ2) is 9.10. The van der Waals surface area contributed by atoms with E-state index in [9.17, 15) is 18.0 Å². The molecule has 3 aromatic rings. The number of hydrogen-bond donors (Lipinski definition) is 0. The highest BCUT2D eigenvalue weighted by Gasteiger charge is 2.33. The minimum absolute atomic E-state index is 0.138. The summed E-state index contributed by atoms with van der Waals surface area (Å²) >= 11 is 0. The molecular formula is C25H24F3NO3. The van der Waals surface area contributed by atoms with Crippen LogP contribution in [0.5, 0.6) is 11.5 Å². The lowest BCUT2D eigenvalue weighted by atomic mass is 9.96. The van der Waals surface area contributed by atoms with Crippen molar-refractivity contribution in [1.29, 1.82) is 0 Å². The molecular weight excluding hydrogens is 419 g/mol. The topological polar surface area (TPSA) is 38.8 Å². The van der Waals surface area contributed by atoms with Gasteiger partial charge in [-0.1, -0.05) is 36.4 Å². The quantitative estimate of drug-likeness (QED) is 0.471. The number of hydrogen-bond acceptors (Lipinski definition) is 3. The Labute approximate surface area is 184 Å². The summed E-state index contributed by atoms with van der Waals surface area (Å²) in [5, 5.41) is 2.09. The Kier molecular flexibility index (Phi) is 6.26. The summed E-state index contributed by atoms with van der Waals surface area (Å²) in [6.45, 7) is 2.53. The van der Waals surface area contributed by atoms with Gasteiger partial charge in [0.25, 0.3) is 5.91 Å². The fourth-order valence-electron chi connectivity index (χ4n) is 4.24. The van der Waals surface area contributed by atoms with Gasteiger partial charge in [-0.05, 0) is 61.9 Å². The predicted octanol–water partition coefficient (Wildman–Crippen LogP) is 6.20. The van der Waals surface area contributed by atoms with E-state index in [2.05, 4.69) is 4.74 Å². The number of fused-ring (bicyclic) bond motifs is 1. The second-order valence-corrected chi connectivity index (χ2v) is 7.93. The lowest BCUT2D eigenvalue weighted by molar-refractivity contribution is -0.274. The molecule has 1 heterocycles. The molecule has 4 nitrogen and oxygen atoms in total. The van der Waals surface area contributed by atoms with Crippen LogP contribution in [-0.2, 0) is 0 Å². The Morgan fingerprint density at radius 1 is 1.00 bits per heavy atom. The molecule has 2 unspecified atom stereocenters. The van der Waals surface area contributed by atoms with Gasteiger partial charge in [0.2, 0.25) is 0 Å². The highest BCUT2D eigenvalue weighted by Crippen LogP contribution is 2.30. The van der Waals surface area contributed by atoms with Crippen LogP contribution in [0.1, 0.15) is 36.5 Å². The normalized spacial score (nSPS) is 17.8. The monoisotopic (exact) mass is 443 g/mol. The molecule has 0 N–H and O–H groups in total. The van der Waals surface area contributed by atoms with Gasteiger partial charge >= 0.3 is 6.36 Å². The fraction of sp³-hybridized carbons (Fsp3) is 0.320. The van der Waals surface area contributed by atoms with Gasteiger partial charge in [-0.3, -0.25) is 4.79 Å². The minimum atomic E-state index is -4.77. The molecule has 168 valence electrons. The van der Waals surface area contributed by atoms with Crippen LogP contribution in [0.15, 0.2) is 66.7 Å². The predicted molar refractivity (Wildman–Crippen MR) is 116 cm³/mol. The minimum Gasteiger partial charge on any atom is -0.488 e. The molecule has 0 aliphatic carbocycles. The van der Waals surface area contributed by atoms with Crippen LogP contribution in [0, 0.1) is 0 Å². The Hall–Kier alpha value is -3.22. The molecule has 32 heavy (non-hydrogen) atoms. The molecule has 2 atom stereocenters. The number of halogens is 3. The van der Waals surface area contributed by atoms with Crippen LogP contribution in [0.4, 0.5) is 13.2 Å². The lowest BCUT2D eigenvalue weighted by Crippen LogP contribution is -2.50. The van der Waals surface area contributed by atoms with Crippen LogP contribution in [-0.4, -0.2) is 35.9 Å². The molecule has 0 saturated carbocycles. The van der Waals surface area contributed by atoms with Crippen molar-refractivity contribution in [3.8, 4) is 11.5 Å². The summed E-state index contributed by atoms with van der Waals surface area (Å²) in [5.41, 5.74) is 0.323. The second-order valence-electron chi connectivity index (χ2n) is 7.93. The van der Waals surface area contributed by atoms with Crippen molar-refractivity contribution in [2.75, 3.05) is 6.54 Å². The van der Waals surface area contributed by atoms with Crippen LogP contribution < -0.4 is 9.47 Å². The summed E-state index contributed by atoms with van der Waals surface area (Å²) in [7, 11) is 0. The van der Waals surface area contributed by atoms with Gasteiger partial charge in [-0.25, -0.2) is 0 Å². The molecule has 0 radical (unpaired) electrons. The molecule has 1 saturated heterocycles. The van der Waals surface area contributed by atoms with Crippen LogP contribution >= 0.6 is 0 Å². The first-order valence-corrected chi connectivity index (χ1v) is 10.6. The van der Waals surface area contributed by atoms with Gasteiger partial charge in [-0.15, -0.1) is 13.2 Å². The van der Waals surface area contributed by atoms with Crippen LogP contribution in [0.2, 0.25) is 0 Å². The third-order valence-electron chi connectivity index (χ3n) is 5.75. The van der Waals surface area contributed by atoms with Crippen LogP contribution in [0.3, 0.4) is 0 Å². The van der Waals surface area contributed by atoms with Crippen molar-refractivity contribution in [3.05, 3.63) is 72.3 Å². The van der Waals surface area contributed by atoms with Crippen LogP contribution in [0.25, 0.3) is 10.8 Å². The smallest absolute Gasteiger partial charge is 0.488 e. The zero-order chi connectivity index (χ0) is 22.7. The number of piperidine rings is 1. The number of ether oxygens (including phenoxy) is 2. The summed E-state index contributed by atoms with van der Waals surface area (Å²) in [4.78, 5) is 15.0. The van der Waals surface area contributed by atoms with E-state index in [0.717, 1.165) is 47.9 Å². The van der Waals surface area contributed by atoms with E-state index in [1.165, 1.54) is 12.1 Å². The van der Waals surface area contributed by atoms with E-state index in [1.807, 2.05) is 49.4 Å². The van der Waals surface area contributed by atoms with Gasteiger partial charge in [-0.2, -0.15) is 0 Å². The molecule has 0 aromatic heterocycles. The van der Waals surface area contributed by atoms with E-state index in [4.69, 9.17) is 4.74 Å². The van der Waals surface area contributed by atoms with Crippen molar-refractivity contribution in [1.82, 2.24) is 4.90 Å². The maximum atomic E-state index is 13.2. The van der Waals surface area contributed by atoms with E-state index < -0.39 is 6.36 Å². The largest absolute Gasteiger partial charge is 0.573 e. The SMILES string of the molecule is CC(Oc1cccc2ccccc12)C1CCCCN1C(=O)c1ccc(OC(F)(F)F)cc1. The first-order valence-electron chi connectivity index (χ1n) is 10.6. The molecule has 1 aliphatic rings. The first kappa shape index (κ1) is 22.0. The number of likely N-dealkylation sites (tertiary alicyclic amines) is 1. The average molecular weight is 443 g/mol. The van der Waals surface area contributed by atoms with Crippen molar-refractivity contribution in [3.63, 3.8) is 0 Å². The molecule has 1 aliphatic heterocycles. The van der Waals surface area contributed by atoms with Crippen molar-refractivity contribution in [2.45, 2.75) is 44.7 Å². The van der Waals surface area contributed by atoms with Gasteiger partial charge in [0.1, 0.15) is 17.6 Å². The molecule has 7 heteroatoms. The standard InChI is InChI=1S/C25H24F3NO3/c1-17(31-23-11-6-8-18-7-2-3-9-21(18)23)22-10-4-5-16-29(22)24(30)19-12-14-20(15-13-19)32-25(26,27)28/h2-3,6-9,11-15,17,22H,4-5,10,16H2,1H3. The van der Waals surface area contributed by atoms with E-state index >= 15 is 0 Å². The maximum absolute atomic E-state index is 13.2.